The van der Waals surface area contributed by atoms with E-state index in [1.54, 1.807) is 11.3 Å². The van der Waals surface area contributed by atoms with Crippen molar-refractivity contribution in [3.63, 3.8) is 0 Å². The number of hydrogen-bond acceptors (Lipinski definition) is 4. The van der Waals surface area contributed by atoms with Gasteiger partial charge in [0.15, 0.2) is 5.13 Å². The van der Waals surface area contributed by atoms with Crippen molar-refractivity contribution in [2.24, 2.45) is 0 Å². The van der Waals surface area contributed by atoms with Crippen molar-refractivity contribution in [3.8, 4) is 0 Å². The highest BCUT2D eigenvalue weighted by Crippen LogP contribution is 2.26. The fourth-order valence-corrected chi connectivity index (χ4v) is 3.30. The summed E-state index contributed by atoms with van der Waals surface area (Å²) in [6.45, 7) is 1.94. The van der Waals surface area contributed by atoms with Crippen molar-refractivity contribution in [3.05, 3.63) is 10.6 Å². The predicted molar refractivity (Wildman–Crippen MR) is 73.3 cm³/mol. The molecule has 0 radical (unpaired) electrons. The van der Waals surface area contributed by atoms with Crippen LogP contribution in [0.3, 0.4) is 0 Å². The van der Waals surface area contributed by atoms with Crippen LogP contribution < -0.4 is 5.32 Å². The zero-order valence-corrected chi connectivity index (χ0v) is 11.6. The monoisotopic (exact) mass is 268 g/mol. The minimum atomic E-state index is -0.815. The summed E-state index contributed by atoms with van der Waals surface area (Å²) in [5.41, 5.74) is 0.698. The Morgan fingerprint density at radius 3 is 2.67 bits per heavy atom. The molecule has 5 heteroatoms. The van der Waals surface area contributed by atoms with E-state index in [-0.39, 0.29) is 6.42 Å². The molecule has 1 heterocycles. The highest BCUT2D eigenvalue weighted by Gasteiger charge is 2.15. The molecule has 0 spiro atoms. The third-order valence-electron chi connectivity index (χ3n) is 3.39. The zero-order valence-electron chi connectivity index (χ0n) is 10.7. The molecule has 0 aliphatic heterocycles. The highest BCUT2D eigenvalue weighted by molar-refractivity contribution is 7.15. The number of nitrogens with zero attached hydrogens (tertiary/aromatic N) is 1. The molecule has 0 atom stereocenters. The summed E-state index contributed by atoms with van der Waals surface area (Å²) in [5, 5.41) is 13.2. The van der Waals surface area contributed by atoms with Crippen LogP contribution in [-0.4, -0.2) is 22.1 Å². The summed E-state index contributed by atoms with van der Waals surface area (Å²) in [7, 11) is 0. The van der Waals surface area contributed by atoms with Gasteiger partial charge in [-0.25, -0.2) is 4.98 Å². The lowest BCUT2D eigenvalue weighted by Crippen LogP contribution is -2.18. The van der Waals surface area contributed by atoms with E-state index in [4.69, 9.17) is 5.11 Å². The summed E-state index contributed by atoms with van der Waals surface area (Å²) < 4.78 is 0. The van der Waals surface area contributed by atoms with Gasteiger partial charge in [0.05, 0.1) is 12.1 Å². The standard InChI is InChI=1S/C13H20N2O2S/c1-9-11(8-12(16)17)15-13(18-9)14-10-6-4-2-3-5-7-10/h10H,2-8H2,1H3,(H,14,15)(H,16,17). The van der Waals surface area contributed by atoms with Gasteiger partial charge >= 0.3 is 5.97 Å². The van der Waals surface area contributed by atoms with E-state index in [0.717, 1.165) is 10.0 Å². The van der Waals surface area contributed by atoms with Gasteiger partial charge in [-0.15, -0.1) is 11.3 Å². The molecule has 0 saturated heterocycles. The first kappa shape index (κ1) is 13.3. The third kappa shape index (κ3) is 3.70. The first-order valence-corrected chi connectivity index (χ1v) is 7.41. The molecular weight excluding hydrogens is 248 g/mol. The van der Waals surface area contributed by atoms with E-state index in [1.807, 2.05) is 6.92 Å². The molecular formula is C13H20N2O2S. The molecule has 100 valence electrons. The Morgan fingerprint density at radius 2 is 2.06 bits per heavy atom. The molecule has 1 saturated carbocycles. The number of aliphatic carboxylic acids is 1. The Kier molecular flexibility index (Phi) is 4.58. The fourth-order valence-electron chi connectivity index (χ4n) is 2.40. The first-order valence-electron chi connectivity index (χ1n) is 6.60. The minimum Gasteiger partial charge on any atom is -0.481 e. The van der Waals surface area contributed by atoms with Crippen LogP contribution >= 0.6 is 11.3 Å². The summed E-state index contributed by atoms with van der Waals surface area (Å²) in [6, 6.07) is 0.510. The number of hydrogen-bond donors (Lipinski definition) is 2. The fraction of sp³-hybridized carbons (Fsp3) is 0.692. The van der Waals surface area contributed by atoms with Gasteiger partial charge in [-0.05, 0) is 19.8 Å². The number of aryl methyl sites for hydroxylation is 1. The molecule has 2 N–H and O–H groups in total. The Hall–Kier alpha value is -1.10. The Balaban J connectivity index is 1.98. The molecule has 1 aromatic rings. The molecule has 0 bridgehead atoms. The van der Waals surface area contributed by atoms with Crippen LogP contribution in [0.1, 0.15) is 49.1 Å². The van der Waals surface area contributed by atoms with Gasteiger partial charge in [0.1, 0.15) is 0 Å². The molecule has 0 unspecified atom stereocenters. The average molecular weight is 268 g/mol. The smallest absolute Gasteiger partial charge is 0.309 e. The lowest BCUT2D eigenvalue weighted by molar-refractivity contribution is -0.136. The molecule has 1 fully saturated rings. The molecule has 0 aromatic carbocycles. The summed E-state index contributed by atoms with van der Waals surface area (Å²) in [5.74, 6) is -0.815. The topological polar surface area (TPSA) is 62.2 Å². The second kappa shape index (κ2) is 6.18. The van der Waals surface area contributed by atoms with Gasteiger partial charge in [0.25, 0.3) is 0 Å². The molecule has 4 nitrogen and oxygen atoms in total. The Bertz CT molecular complexity index is 409. The molecule has 0 amide bonds. The average Bonchev–Trinajstić information content (AvgIpc) is 2.53. The maximum atomic E-state index is 10.7. The van der Waals surface area contributed by atoms with Crippen molar-refractivity contribution < 1.29 is 9.90 Å². The molecule has 1 aliphatic rings. The number of carboxylic acid groups (broad SMARTS) is 1. The van der Waals surface area contributed by atoms with Crippen molar-refractivity contribution in [1.82, 2.24) is 4.98 Å². The van der Waals surface area contributed by atoms with Crippen LogP contribution in [0.4, 0.5) is 5.13 Å². The van der Waals surface area contributed by atoms with Crippen LogP contribution in [0.15, 0.2) is 0 Å². The lowest BCUT2D eigenvalue weighted by atomic mass is 10.1. The van der Waals surface area contributed by atoms with E-state index in [9.17, 15) is 4.79 Å². The van der Waals surface area contributed by atoms with Gasteiger partial charge in [-0.3, -0.25) is 4.79 Å². The molecule has 2 rings (SSSR count). The Morgan fingerprint density at radius 1 is 1.39 bits per heavy atom. The number of anilines is 1. The van der Waals surface area contributed by atoms with Crippen molar-refractivity contribution >= 4 is 22.4 Å². The van der Waals surface area contributed by atoms with E-state index in [2.05, 4.69) is 10.3 Å². The van der Waals surface area contributed by atoms with Crippen molar-refractivity contribution in [2.45, 2.75) is 57.9 Å². The summed E-state index contributed by atoms with van der Waals surface area (Å²) in [6.07, 6.45) is 7.65. The maximum absolute atomic E-state index is 10.7. The number of thiazole rings is 1. The maximum Gasteiger partial charge on any atom is 0.309 e. The first-order chi connectivity index (χ1) is 8.65. The van der Waals surface area contributed by atoms with Crippen LogP contribution in [-0.2, 0) is 11.2 Å². The van der Waals surface area contributed by atoms with Crippen molar-refractivity contribution in [2.75, 3.05) is 5.32 Å². The molecule has 1 aliphatic carbocycles. The lowest BCUT2D eigenvalue weighted by Gasteiger charge is -2.14. The van der Waals surface area contributed by atoms with E-state index >= 15 is 0 Å². The number of nitrogens with one attached hydrogen (secondary N) is 1. The molecule has 18 heavy (non-hydrogen) atoms. The van der Waals surface area contributed by atoms with Gasteiger partial charge < -0.3 is 10.4 Å². The number of aromatic nitrogens is 1. The van der Waals surface area contributed by atoms with Crippen LogP contribution in [0.5, 0.6) is 0 Å². The van der Waals surface area contributed by atoms with Gasteiger partial charge in [-0.2, -0.15) is 0 Å². The number of carbonyl (C=O) groups is 1. The number of rotatable bonds is 4. The quantitative estimate of drug-likeness (QED) is 0.823. The zero-order chi connectivity index (χ0) is 13.0. The van der Waals surface area contributed by atoms with Crippen LogP contribution in [0, 0.1) is 6.92 Å². The van der Waals surface area contributed by atoms with E-state index in [0.29, 0.717) is 11.7 Å². The SMILES string of the molecule is Cc1sc(NC2CCCCCC2)nc1CC(=O)O. The molecule has 1 aromatic heterocycles. The third-order valence-corrected chi connectivity index (χ3v) is 4.34. The largest absolute Gasteiger partial charge is 0.481 e. The Labute approximate surface area is 111 Å². The van der Waals surface area contributed by atoms with Gasteiger partial charge in [0.2, 0.25) is 0 Å². The predicted octanol–water partition coefficient (Wildman–Crippen LogP) is 3.21. The summed E-state index contributed by atoms with van der Waals surface area (Å²) in [4.78, 5) is 16.1. The second-order valence-corrected chi connectivity index (χ2v) is 6.13. The normalized spacial score (nSPS) is 17.4. The highest BCUT2D eigenvalue weighted by atomic mass is 32.1. The number of carboxylic acids is 1. The van der Waals surface area contributed by atoms with Gasteiger partial charge in [0, 0.05) is 10.9 Å². The van der Waals surface area contributed by atoms with Gasteiger partial charge in [-0.1, -0.05) is 25.7 Å². The van der Waals surface area contributed by atoms with E-state index in [1.165, 1.54) is 38.5 Å². The summed E-state index contributed by atoms with van der Waals surface area (Å²) >= 11 is 1.57. The minimum absolute atomic E-state index is 0.0225. The second-order valence-electron chi connectivity index (χ2n) is 4.93. The van der Waals surface area contributed by atoms with Crippen LogP contribution in [0.2, 0.25) is 0 Å². The van der Waals surface area contributed by atoms with Crippen LogP contribution in [0.25, 0.3) is 0 Å². The van der Waals surface area contributed by atoms with Crippen molar-refractivity contribution in [1.29, 1.82) is 0 Å². The van der Waals surface area contributed by atoms with E-state index < -0.39 is 5.97 Å².